The number of nitrogens with one attached hydrogen (secondary N) is 3. The molecule has 0 radical (unpaired) electrons. The van der Waals surface area contributed by atoms with Crippen LogP contribution in [0.4, 0.5) is 0 Å². The zero-order valence-corrected chi connectivity index (χ0v) is 23.2. The normalized spacial score (nSPS) is 14.5. The Kier molecular flexibility index (Phi) is 12.1. The Morgan fingerprint density at radius 1 is 0.947 bits per heavy atom. The van der Waals surface area contributed by atoms with E-state index in [0.717, 1.165) is 11.1 Å². The highest BCUT2D eigenvalue weighted by Gasteiger charge is 2.40. The van der Waals surface area contributed by atoms with Crippen molar-refractivity contribution >= 4 is 17.5 Å². The predicted molar refractivity (Wildman–Crippen MR) is 149 cm³/mol. The quantitative estimate of drug-likeness (QED) is 0.128. The SMILES string of the molecule is CCCC(Cc1ccccc1)(NN[C@@H](Cc1ccc(O)cc1)C(=O)C(=O)[C@H](CC(C)C)NN)C(=O)N(C)C. The highest BCUT2D eigenvalue weighted by atomic mass is 16.3. The number of amides is 1. The zero-order chi connectivity index (χ0) is 28.3. The van der Waals surface area contributed by atoms with Crippen molar-refractivity contribution < 1.29 is 19.5 Å². The third kappa shape index (κ3) is 8.73. The standard InChI is InChI=1S/C29H43N5O4/c1-6-16-29(28(38)34(4)5,19-22-10-8-7-9-11-22)33-32-25(18-21-12-14-23(35)15-13-21)27(37)26(36)24(31-30)17-20(2)3/h7-15,20,24-25,31-33,35H,6,16-19,30H2,1-5H3/t24-,25-,29?/m0/s1. The molecular formula is C29H43N5O4. The first-order chi connectivity index (χ1) is 18.0. The number of hydrazine groups is 2. The van der Waals surface area contributed by atoms with Gasteiger partial charge in [0.2, 0.25) is 17.5 Å². The molecule has 38 heavy (non-hydrogen) atoms. The third-order valence-corrected chi connectivity index (χ3v) is 6.49. The number of carbonyl (C=O) groups excluding carboxylic acids is 3. The van der Waals surface area contributed by atoms with Crippen molar-refractivity contribution in [1.82, 2.24) is 21.2 Å². The lowest BCUT2D eigenvalue weighted by atomic mass is 9.85. The van der Waals surface area contributed by atoms with E-state index in [9.17, 15) is 19.5 Å². The van der Waals surface area contributed by atoms with Gasteiger partial charge in [-0.3, -0.25) is 20.2 Å². The Hall–Kier alpha value is -3.11. The maximum atomic E-state index is 13.6. The summed E-state index contributed by atoms with van der Waals surface area (Å²) < 4.78 is 0. The number of hydrogen-bond acceptors (Lipinski definition) is 8. The molecule has 2 aromatic rings. The molecule has 1 amide bonds. The summed E-state index contributed by atoms with van der Waals surface area (Å²) in [6, 6.07) is 14.3. The van der Waals surface area contributed by atoms with Crippen molar-refractivity contribution in [3.05, 3.63) is 65.7 Å². The minimum atomic E-state index is -1.06. The fraction of sp³-hybridized carbons (Fsp3) is 0.483. The van der Waals surface area contributed by atoms with Crippen LogP contribution in [0.2, 0.25) is 0 Å². The van der Waals surface area contributed by atoms with E-state index >= 15 is 0 Å². The summed E-state index contributed by atoms with van der Waals surface area (Å²) in [5, 5.41) is 9.69. The fourth-order valence-electron chi connectivity index (χ4n) is 4.60. The summed E-state index contributed by atoms with van der Waals surface area (Å²) in [5.41, 5.74) is 9.43. The third-order valence-electron chi connectivity index (χ3n) is 6.49. The van der Waals surface area contributed by atoms with E-state index < -0.39 is 29.2 Å². The van der Waals surface area contributed by atoms with E-state index in [4.69, 9.17) is 5.84 Å². The number of rotatable bonds is 16. The molecule has 3 atom stereocenters. The average molecular weight is 526 g/mol. The molecule has 0 bridgehead atoms. The van der Waals surface area contributed by atoms with Gasteiger partial charge in [-0.15, -0.1) is 0 Å². The number of nitrogens with two attached hydrogens (primary N) is 1. The van der Waals surface area contributed by atoms with Gasteiger partial charge in [0, 0.05) is 20.5 Å². The van der Waals surface area contributed by atoms with E-state index in [0.29, 0.717) is 25.7 Å². The lowest BCUT2D eigenvalue weighted by molar-refractivity contribution is -0.140. The van der Waals surface area contributed by atoms with E-state index in [1.54, 1.807) is 26.2 Å². The summed E-state index contributed by atoms with van der Waals surface area (Å²) in [4.78, 5) is 41.8. The van der Waals surface area contributed by atoms with Crippen LogP contribution in [0, 0.1) is 5.92 Å². The van der Waals surface area contributed by atoms with Gasteiger partial charge in [0.25, 0.3) is 0 Å². The zero-order valence-electron chi connectivity index (χ0n) is 23.2. The highest BCUT2D eigenvalue weighted by Crippen LogP contribution is 2.22. The number of likely N-dealkylation sites (N-methyl/N-ethyl adjacent to an activating group) is 1. The van der Waals surface area contributed by atoms with Gasteiger partial charge in [-0.2, -0.15) is 0 Å². The number of aromatic hydroxyl groups is 1. The number of hydrogen-bond donors (Lipinski definition) is 5. The van der Waals surface area contributed by atoms with E-state index in [1.807, 2.05) is 51.1 Å². The topological polar surface area (TPSA) is 137 Å². The Bertz CT molecular complexity index is 1040. The smallest absolute Gasteiger partial charge is 0.244 e. The molecule has 0 aliphatic heterocycles. The minimum absolute atomic E-state index is 0.101. The first-order valence-corrected chi connectivity index (χ1v) is 13.1. The average Bonchev–Trinajstić information content (AvgIpc) is 2.89. The number of phenols is 1. The Labute approximate surface area is 226 Å². The lowest BCUT2D eigenvalue weighted by Crippen LogP contribution is -2.65. The molecule has 1 unspecified atom stereocenters. The monoisotopic (exact) mass is 525 g/mol. The molecule has 2 aromatic carbocycles. The van der Waals surface area contributed by atoms with Crippen molar-refractivity contribution in [1.29, 1.82) is 0 Å². The van der Waals surface area contributed by atoms with Gasteiger partial charge in [-0.05, 0) is 48.4 Å². The van der Waals surface area contributed by atoms with Crippen molar-refractivity contribution in [3.63, 3.8) is 0 Å². The Morgan fingerprint density at radius 2 is 1.55 bits per heavy atom. The van der Waals surface area contributed by atoms with Crippen LogP contribution < -0.4 is 22.1 Å². The number of ketones is 2. The van der Waals surface area contributed by atoms with Crippen molar-refractivity contribution in [2.75, 3.05) is 14.1 Å². The van der Waals surface area contributed by atoms with Gasteiger partial charge in [-0.25, -0.2) is 16.3 Å². The lowest BCUT2D eigenvalue weighted by Gasteiger charge is -2.37. The largest absolute Gasteiger partial charge is 0.508 e. The molecule has 9 heteroatoms. The number of Topliss-reactive ketones (excluding diaryl/α,β-unsaturated/α-hetero) is 2. The van der Waals surface area contributed by atoms with Crippen LogP contribution in [-0.4, -0.2) is 59.2 Å². The van der Waals surface area contributed by atoms with Gasteiger partial charge in [-0.1, -0.05) is 69.7 Å². The van der Waals surface area contributed by atoms with Crippen molar-refractivity contribution in [2.24, 2.45) is 11.8 Å². The van der Waals surface area contributed by atoms with E-state index in [2.05, 4.69) is 16.3 Å². The van der Waals surface area contributed by atoms with Crippen molar-refractivity contribution in [3.8, 4) is 5.75 Å². The summed E-state index contributed by atoms with van der Waals surface area (Å²) >= 11 is 0. The predicted octanol–water partition coefficient (Wildman–Crippen LogP) is 2.28. The molecular weight excluding hydrogens is 482 g/mol. The second kappa shape index (κ2) is 14.7. The first-order valence-electron chi connectivity index (χ1n) is 13.1. The van der Waals surface area contributed by atoms with Gasteiger partial charge < -0.3 is 10.0 Å². The maximum Gasteiger partial charge on any atom is 0.244 e. The summed E-state index contributed by atoms with van der Waals surface area (Å²) in [6.45, 7) is 5.90. The molecule has 0 aliphatic carbocycles. The molecule has 0 saturated heterocycles. The van der Waals surface area contributed by atoms with Crippen molar-refractivity contribution in [2.45, 2.75) is 70.5 Å². The van der Waals surface area contributed by atoms with Crippen LogP contribution in [0.15, 0.2) is 54.6 Å². The summed E-state index contributed by atoms with van der Waals surface area (Å²) in [5.74, 6) is 4.48. The molecule has 208 valence electrons. The van der Waals surface area contributed by atoms with Gasteiger partial charge in [0.1, 0.15) is 11.3 Å². The Balaban J connectivity index is 2.42. The van der Waals surface area contributed by atoms with E-state index in [1.165, 1.54) is 17.0 Å². The number of carbonyl (C=O) groups is 3. The Morgan fingerprint density at radius 3 is 2.08 bits per heavy atom. The molecule has 0 spiro atoms. The maximum absolute atomic E-state index is 13.6. The van der Waals surface area contributed by atoms with Crippen LogP contribution in [0.25, 0.3) is 0 Å². The van der Waals surface area contributed by atoms with Gasteiger partial charge in [0.05, 0.1) is 12.1 Å². The molecule has 6 N–H and O–H groups in total. The van der Waals surface area contributed by atoms with Crippen LogP contribution in [-0.2, 0) is 27.2 Å². The molecule has 0 aliphatic rings. The second-order valence-corrected chi connectivity index (χ2v) is 10.5. The van der Waals surface area contributed by atoms with Crippen LogP contribution in [0.1, 0.15) is 51.2 Å². The summed E-state index contributed by atoms with van der Waals surface area (Å²) in [6.07, 6.45) is 2.18. The van der Waals surface area contributed by atoms with Crippen LogP contribution in [0.3, 0.4) is 0 Å². The molecule has 0 fully saturated rings. The number of benzene rings is 2. The number of nitrogens with zero attached hydrogens (tertiary/aromatic N) is 1. The second-order valence-electron chi connectivity index (χ2n) is 10.5. The molecule has 2 rings (SSSR count). The van der Waals surface area contributed by atoms with Crippen LogP contribution in [0.5, 0.6) is 5.75 Å². The number of phenolic OH excluding ortho intramolecular Hbond substituents is 1. The van der Waals surface area contributed by atoms with Gasteiger partial charge >= 0.3 is 0 Å². The summed E-state index contributed by atoms with van der Waals surface area (Å²) in [7, 11) is 3.40. The first kappa shape index (κ1) is 31.1. The molecule has 0 heterocycles. The van der Waals surface area contributed by atoms with Crippen LogP contribution >= 0.6 is 0 Å². The molecule has 0 saturated carbocycles. The van der Waals surface area contributed by atoms with Gasteiger partial charge in [0.15, 0.2) is 0 Å². The van der Waals surface area contributed by atoms with E-state index in [-0.39, 0.29) is 24.0 Å². The molecule has 9 nitrogen and oxygen atoms in total. The fourth-order valence-corrected chi connectivity index (χ4v) is 4.60. The minimum Gasteiger partial charge on any atom is -0.508 e. The molecule has 0 aromatic heterocycles. The highest BCUT2D eigenvalue weighted by molar-refractivity contribution is 6.41.